The van der Waals surface area contributed by atoms with Crippen LogP contribution in [0.25, 0.3) is 90.1 Å². The lowest BCUT2D eigenvalue weighted by atomic mass is 9.57. The number of nitriles is 4. The average Bonchev–Trinajstić information content (AvgIpc) is 0.733. The van der Waals surface area contributed by atoms with Crippen molar-refractivity contribution in [2.45, 2.75) is 173 Å². The van der Waals surface area contributed by atoms with Gasteiger partial charge in [-0.3, -0.25) is 29.1 Å². The fraction of sp³-hybridized carbons (Fsp3) is 0.315. The Kier molecular flexibility index (Phi) is 23.1. The quantitative estimate of drug-likeness (QED) is 0.136. The van der Waals surface area contributed by atoms with Gasteiger partial charge in [0, 0.05) is 136 Å². The minimum atomic E-state index is -0.532. The minimum absolute atomic E-state index is 0.0155. The van der Waals surface area contributed by atoms with E-state index in [2.05, 4.69) is 142 Å². The highest BCUT2D eigenvalue weighted by Crippen LogP contribution is 2.57. The molecular formula is C111H100N14O4. The van der Waals surface area contributed by atoms with E-state index in [1.165, 1.54) is 30.4 Å². The first-order valence-electron chi connectivity index (χ1n) is 45.4. The Morgan fingerprint density at radius 1 is 0.326 bits per heavy atom. The van der Waals surface area contributed by atoms with E-state index in [0.29, 0.717) is 23.4 Å². The second-order valence-corrected chi connectivity index (χ2v) is 37.2. The largest absolute Gasteiger partial charge is 0.293 e. The number of aryl methyl sites for hydroxylation is 1. The number of hydrogen-bond acceptors (Lipinski definition) is 18. The molecule has 0 spiro atoms. The minimum Gasteiger partial charge on any atom is -0.293 e. The molecule has 18 nitrogen and oxygen atoms in total. The summed E-state index contributed by atoms with van der Waals surface area (Å²) in [7, 11) is 0. The molecule has 12 atom stereocenters. The number of fused-ring (bicyclic) bond motifs is 13. The molecule has 0 radical (unpaired) electrons. The third-order valence-electron chi connectivity index (χ3n) is 29.7. The number of nitrogens with zero attached hydrogens (tertiary/aromatic N) is 14. The van der Waals surface area contributed by atoms with Crippen LogP contribution < -0.4 is 0 Å². The lowest BCUT2D eigenvalue weighted by Gasteiger charge is -2.46. The van der Waals surface area contributed by atoms with Gasteiger partial charge in [0.2, 0.25) is 0 Å². The lowest BCUT2D eigenvalue weighted by molar-refractivity contribution is -0.122. The van der Waals surface area contributed by atoms with Gasteiger partial charge in [-0.25, -0.2) is 39.9 Å². The fourth-order valence-corrected chi connectivity index (χ4v) is 22.9. The Bertz CT molecular complexity index is 6810. The van der Waals surface area contributed by atoms with Crippen LogP contribution in [0.1, 0.15) is 176 Å². The highest BCUT2D eigenvalue weighted by atomic mass is 16.1. The Morgan fingerprint density at radius 2 is 0.651 bits per heavy atom. The zero-order valence-corrected chi connectivity index (χ0v) is 74.2. The number of para-hydroxylation sites is 1. The van der Waals surface area contributed by atoms with Crippen LogP contribution in [-0.4, -0.2) is 73.0 Å². The van der Waals surface area contributed by atoms with E-state index >= 15 is 0 Å². The zero-order valence-electron chi connectivity index (χ0n) is 74.2. The number of aromatic nitrogens is 10. The smallest absolute Gasteiger partial charge is 0.176 e. The van der Waals surface area contributed by atoms with Gasteiger partial charge in [0.1, 0.15) is 30.1 Å². The summed E-state index contributed by atoms with van der Waals surface area (Å²) >= 11 is 0. The molecule has 6 aromatic carbocycles. The second-order valence-electron chi connectivity index (χ2n) is 37.2. The van der Waals surface area contributed by atoms with Gasteiger partial charge in [-0.15, -0.1) is 0 Å². The molecule has 9 aliphatic rings. The molecule has 1 fully saturated rings. The Labute approximate surface area is 753 Å². The summed E-state index contributed by atoms with van der Waals surface area (Å²) in [5, 5.41) is 39.6. The monoisotopic (exact) mass is 1690 g/mol. The van der Waals surface area contributed by atoms with Crippen molar-refractivity contribution in [1.82, 2.24) is 49.8 Å². The number of hydrogen-bond donors (Lipinski definition) is 0. The summed E-state index contributed by atoms with van der Waals surface area (Å²) < 4.78 is 0. The van der Waals surface area contributed by atoms with Crippen LogP contribution in [-0.2, 0) is 66.5 Å². The normalized spacial score (nSPS) is 25.0. The number of carbonyl (C=O) groups excluding carboxylic acids is 4. The predicted octanol–water partition coefficient (Wildman–Crippen LogP) is 21.8. The van der Waals surface area contributed by atoms with Crippen molar-refractivity contribution in [1.29, 1.82) is 21.0 Å². The highest BCUT2D eigenvalue weighted by Gasteiger charge is 2.55. The number of benzene rings is 6. The Balaban J connectivity index is 0.000000116. The Hall–Kier alpha value is -14.2. The molecule has 12 aromatic rings. The van der Waals surface area contributed by atoms with Crippen molar-refractivity contribution in [2.24, 2.45) is 47.3 Å². The molecule has 0 aliphatic heterocycles. The topological polar surface area (TPSA) is 292 Å². The van der Waals surface area contributed by atoms with E-state index in [4.69, 9.17) is 39.9 Å². The molecule has 0 saturated heterocycles. The fourth-order valence-electron chi connectivity index (χ4n) is 22.9. The molecule has 21 rings (SSSR count). The SMILES string of the molecule is C[C@H]1C(=O)C(C#N)=C[C@@]2(C)c3nc(-c4ccccc4)nc(-c4ccccc4)c3CC[C@H]12.C[C@H]1C(=O)C(C#N)=C[C@@]2(C)c3nc(-c4ccnc5ccccc45)nc(-c4ccccc4)c3CC[C@H]12.C[C@H]1C(=O)C(C#N)=C[C@@]2(C)c3nc(C4CCCCC4)nc(-c4ccccc4)c3CC[C@H]12.Cc1ccc(-c2nc(-c3ccncc3)nc3c2CC[C@@H]2[C@@H](C)C(=O)C(C#N)=C[C@@]32C)cc1. The van der Waals surface area contributed by atoms with Gasteiger partial charge in [0.15, 0.2) is 40.6 Å². The molecule has 6 heterocycles. The predicted molar refractivity (Wildman–Crippen MR) is 498 cm³/mol. The van der Waals surface area contributed by atoms with Gasteiger partial charge in [-0.05, 0) is 119 Å². The summed E-state index contributed by atoms with van der Waals surface area (Å²) in [4.78, 5) is 101. The maximum Gasteiger partial charge on any atom is 0.176 e. The molecule has 6 aromatic heterocycles. The molecule has 129 heavy (non-hydrogen) atoms. The van der Waals surface area contributed by atoms with Crippen molar-refractivity contribution in [3.05, 3.63) is 310 Å². The third-order valence-corrected chi connectivity index (χ3v) is 29.7. The van der Waals surface area contributed by atoms with Gasteiger partial charge >= 0.3 is 0 Å². The average molecular weight is 1690 g/mol. The number of carbonyl (C=O) groups is 4. The molecule has 1 saturated carbocycles. The van der Waals surface area contributed by atoms with Crippen LogP contribution in [0.2, 0.25) is 0 Å². The molecular weight excluding hydrogens is 1590 g/mol. The number of rotatable bonds is 8. The molecule has 0 bridgehead atoms. The number of allylic oxidation sites excluding steroid dienone is 8. The van der Waals surface area contributed by atoms with Crippen molar-refractivity contribution in [2.75, 3.05) is 0 Å². The first-order chi connectivity index (χ1) is 62.5. The third kappa shape index (κ3) is 15.3. The maximum atomic E-state index is 12.9. The first-order valence-corrected chi connectivity index (χ1v) is 45.4. The molecule has 9 aliphatic carbocycles. The van der Waals surface area contributed by atoms with Gasteiger partial charge in [0.05, 0.1) is 73.4 Å². The van der Waals surface area contributed by atoms with E-state index in [-0.39, 0.29) is 92.8 Å². The van der Waals surface area contributed by atoms with E-state index in [1.807, 2.05) is 167 Å². The lowest BCUT2D eigenvalue weighted by Crippen LogP contribution is -2.46. The van der Waals surface area contributed by atoms with Crippen LogP contribution in [0.4, 0.5) is 0 Å². The molecule has 0 amide bonds. The van der Waals surface area contributed by atoms with Crippen LogP contribution >= 0.6 is 0 Å². The van der Waals surface area contributed by atoms with Gasteiger partial charge in [-0.1, -0.05) is 268 Å². The Morgan fingerprint density at radius 3 is 1.04 bits per heavy atom. The maximum absolute atomic E-state index is 12.9. The van der Waals surface area contributed by atoms with Crippen LogP contribution in [0.3, 0.4) is 0 Å². The van der Waals surface area contributed by atoms with Crippen LogP contribution in [0, 0.1) is 99.6 Å². The number of Topliss-reactive ketones (excluding diaryl/α,β-unsaturated/α-hetero) is 4. The summed E-state index contributed by atoms with van der Waals surface area (Å²) in [5.74, 6) is 2.80. The summed E-state index contributed by atoms with van der Waals surface area (Å²) in [6, 6.07) is 71.6. The van der Waals surface area contributed by atoms with E-state index in [9.17, 15) is 40.2 Å². The van der Waals surface area contributed by atoms with Crippen molar-refractivity contribution >= 4 is 34.0 Å². The van der Waals surface area contributed by atoms with Gasteiger partial charge in [0.25, 0.3) is 0 Å². The van der Waals surface area contributed by atoms with Gasteiger partial charge < -0.3 is 0 Å². The summed E-state index contributed by atoms with van der Waals surface area (Å²) in [6.45, 7) is 18.5. The summed E-state index contributed by atoms with van der Waals surface area (Å²) in [6.07, 6.45) is 25.6. The van der Waals surface area contributed by atoms with Crippen LogP contribution in [0.15, 0.2) is 253 Å². The molecule has 18 heteroatoms. The standard InChI is InChI=1S/C30H24N4O.C27H24N4O.C27H29N3O.C27H23N3O/c1-18-24-13-12-23-26(19-8-4-3-5-9-19)33-29(22-14-15-32-25-11-7-6-10-21(22)25)34-28(23)30(24,2)16-20(17-31)27(18)35;1-16-4-6-18(7-5-16)23-21-8-9-22-17(2)24(32)20(15-28)14-27(22,3)25(21)31-26(30-23)19-10-12-29-13-11-19;2*1-17-22-14-13-21-23(18-9-5-3-6-10-18)29-26(19-11-7-4-8-12-19)30-25(21)27(22,2)15-20(16-28)24(17)31/h3-11,14-16,18,24H,12-13H2,1-2H3;4-7,10-14,17,22H,8-9H2,1-3H3;3,5-6,9-10,15,17,19,22H,4,7-8,11-14H2,1-2H3;3-12,15,17,22H,13-14H2,1-2H3/t18-,24-,30-;3*17-,22-,27-/m1111/s1. The molecule has 0 unspecified atom stereocenters. The number of pyridine rings is 2. The van der Waals surface area contributed by atoms with Crippen molar-refractivity contribution < 1.29 is 19.2 Å². The van der Waals surface area contributed by atoms with E-state index in [0.717, 1.165) is 182 Å². The number of ketones is 4. The summed E-state index contributed by atoms with van der Waals surface area (Å²) in [5.41, 5.74) is 20.4. The van der Waals surface area contributed by atoms with Gasteiger partial charge in [-0.2, -0.15) is 21.0 Å². The molecule has 638 valence electrons. The van der Waals surface area contributed by atoms with E-state index in [1.54, 1.807) is 18.6 Å². The van der Waals surface area contributed by atoms with Crippen molar-refractivity contribution in [3.8, 4) is 103 Å². The second kappa shape index (κ2) is 34.9. The first kappa shape index (κ1) is 85.6. The van der Waals surface area contributed by atoms with Crippen LogP contribution in [0.5, 0.6) is 0 Å². The van der Waals surface area contributed by atoms with Crippen molar-refractivity contribution in [3.63, 3.8) is 0 Å². The van der Waals surface area contributed by atoms with E-state index < -0.39 is 21.7 Å². The highest BCUT2D eigenvalue weighted by molar-refractivity contribution is 6.05. The molecule has 0 N–H and O–H groups in total. The zero-order chi connectivity index (χ0) is 89.8.